The number of nitrogens with one attached hydrogen (secondary N) is 2. The number of anilines is 1. The molecule has 7 heteroatoms. The second kappa shape index (κ2) is 5.43. The van der Waals surface area contributed by atoms with Gasteiger partial charge in [-0.3, -0.25) is 9.59 Å². The first-order valence-corrected chi connectivity index (χ1v) is 6.40. The number of benzene rings is 1. The third-order valence-corrected chi connectivity index (χ3v) is 3.06. The van der Waals surface area contributed by atoms with Gasteiger partial charge in [-0.25, -0.2) is 4.79 Å². The molecule has 0 aromatic heterocycles. The molecule has 1 unspecified atom stereocenters. The zero-order chi connectivity index (χ0) is 15.6. The van der Waals surface area contributed by atoms with Crippen LogP contribution in [0.5, 0.6) is 5.75 Å². The van der Waals surface area contributed by atoms with Crippen LogP contribution in [0.1, 0.15) is 20.3 Å². The van der Waals surface area contributed by atoms with Crippen molar-refractivity contribution in [2.24, 2.45) is 0 Å². The number of ether oxygens (including phenoxy) is 1. The maximum Gasteiger partial charge on any atom is 0.328 e. The molecule has 1 aromatic rings. The van der Waals surface area contributed by atoms with Crippen LogP contribution in [0, 0.1) is 0 Å². The molecule has 1 heterocycles. The molecule has 0 aliphatic carbocycles. The lowest BCUT2D eigenvalue weighted by Crippen LogP contribution is -2.51. The van der Waals surface area contributed by atoms with Crippen LogP contribution >= 0.6 is 0 Å². The average Bonchev–Trinajstić information content (AvgIpc) is 2.38. The first-order valence-electron chi connectivity index (χ1n) is 6.40. The number of aliphatic carboxylic acids is 1. The molecule has 1 aromatic carbocycles. The van der Waals surface area contributed by atoms with E-state index in [1.54, 1.807) is 24.3 Å². The van der Waals surface area contributed by atoms with Gasteiger partial charge in [0.1, 0.15) is 11.3 Å². The first kappa shape index (κ1) is 14.8. The van der Waals surface area contributed by atoms with E-state index in [2.05, 4.69) is 10.6 Å². The zero-order valence-electron chi connectivity index (χ0n) is 11.7. The highest BCUT2D eigenvalue weighted by molar-refractivity contribution is 6.00. The second-order valence-electron chi connectivity index (χ2n) is 5.27. The molecule has 112 valence electrons. The molecule has 0 fully saturated rings. The van der Waals surface area contributed by atoms with Crippen LogP contribution in [-0.2, 0) is 14.4 Å². The summed E-state index contributed by atoms with van der Waals surface area (Å²) in [5.41, 5.74) is -0.856. The molecule has 1 aliphatic heterocycles. The van der Waals surface area contributed by atoms with Crippen molar-refractivity contribution in [1.82, 2.24) is 5.32 Å². The van der Waals surface area contributed by atoms with E-state index < -0.39 is 29.4 Å². The van der Waals surface area contributed by atoms with Gasteiger partial charge in [-0.15, -0.1) is 0 Å². The van der Waals surface area contributed by atoms with Crippen LogP contribution in [0.4, 0.5) is 5.69 Å². The number of hydrogen-bond donors (Lipinski definition) is 3. The molecular formula is C14H16N2O5. The monoisotopic (exact) mass is 292 g/mol. The van der Waals surface area contributed by atoms with Crippen molar-refractivity contribution in [2.45, 2.75) is 31.9 Å². The summed E-state index contributed by atoms with van der Waals surface area (Å²) in [6, 6.07) is 6.88. The Balaban J connectivity index is 2.02. The third-order valence-electron chi connectivity index (χ3n) is 3.06. The van der Waals surface area contributed by atoms with Crippen molar-refractivity contribution in [3.05, 3.63) is 24.3 Å². The molecule has 0 saturated heterocycles. The van der Waals surface area contributed by atoms with Crippen molar-refractivity contribution < 1.29 is 24.2 Å². The van der Waals surface area contributed by atoms with Gasteiger partial charge in [-0.1, -0.05) is 12.1 Å². The molecule has 0 saturated carbocycles. The number of fused-ring (bicyclic) bond motifs is 1. The van der Waals surface area contributed by atoms with Crippen LogP contribution in [0.3, 0.4) is 0 Å². The summed E-state index contributed by atoms with van der Waals surface area (Å²) in [6.07, 6.45) is -1.24. The predicted molar refractivity (Wildman–Crippen MR) is 74.0 cm³/mol. The van der Waals surface area contributed by atoms with Crippen molar-refractivity contribution >= 4 is 23.5 Å². The standard InChI is InChI=1S/C14H16N2O5/c1-14(2,13(19)20)16-11(17)7-10-12(18)15-8-5-3-4-6-9(8)21-10/h3-6,10H,7H2,1-2H3,(H,15,18)(H,16,17)(H,19,20). The van der Waals surface area contributed by atoms with Crippen LogP contribution in [0.25, 0.3) is 0 Å². The number of carbonyl (C=O) groups is 3. The Morgan fingerprint density at radius 1 is 1.38 bits per heavy atom. The largest absolute Gasteiger partial charge is 0.480 e. The van der Waals surface area contributed by atoms with Gasteiger partial charge in [-0.05, 0) is 26.0 Å². The highest BCUT2D eigenvalue weighted by Crippen LogP contribution is 2.29. The fourth-order valence-electron chi connectivity index (χ4n) is 1.85. The quantitative estimate of drug-likeness (QED) is 0.759. The van der Waals surface area contributed by atoms with Crippen LogP contribution in [0.15, 0.2) is 24.3 Å². The lowest BCUT2D eigenvalue weighted by Gasteiger charge is -2.27. The summed E-state index contributed by atoms with van der Waals surface area (Å²) < 4.78 is 5.47. The SMILES string of the molecule is CC(C)(NC(=O)CC1Oc2ccccc2NC1=O)C(=O)O. The van der Waals surface area contributed by atoms with Crippen molar-refractivity contribution in [1.29, 1.82) is 0 Å². The minimum atomic E-state index is -1.40. The molecule has 1 aliphatic rings. The van der Waals surface area contributed by atoms with Gasteiger partial charge in [0.05, 0.1) is 12.1 Å². The van der Waals surface area contributed by atoms with E-state index in [0.717, 1.165) is 0 Å². The highest BCUT2D eigenvalue weighted by atomic mass is 16.5. The Morgan fingerprint density at radius 3 is 2.71 bits per heavy atom. The summed E-state index contributed by atoms with van der Waals surface area (Å²) in [5, 5.41) is 13.9. The van der Waals surface area contributed by atoms with Gasteiger partial charge < -0.3 is 20.5 Å². The average molecular weight is 292 g/mol. The smallest absolute Gasteiger partial charge is 0.328 e. The molecule has 0 radical (unpaired) electrons. The molecular weight excluding hydrogens is 276 g/mol. The number of carboxylic acid groups (broad SMARTS) is 1. The molecule has 1 atom stereocenters. The lowest BCUT2D eigenvalue weighted by atomic mass is 10.1. The van der Waals surface area contributed by atoms with E-state index >= 15 is 0 Å². The van der Waals surface area contributed by atoms with Crippen LogP contribution < -0.4 is 15.4 Å². The number of rotatable bonds is 4. The van der Waals surface area contributed by atoms with E-state index in [-0.39, 0.29) is 6.42 Å². The number of amides is 2. The Morgan fingerprint density at radius 2 is 2.05 bits per heavy atom. The van der Waals surface area contributed by atoms with Gasteiger partial charge in [0.2, 0.25) is 5.91 Å². The normalized spacial score (nSPS) is 17.2. The summed E-state index contributed by atoms with van der Waals surface area (Å²) in [6.45, 7) is 2.73. The van der Waals surface area contributed by atoms with Gasteiger partial charge in [0.15, 0.2) is 6.10 Å². The highest BCUT2D eigenvalue weighted by Gasteiger charge is 2.33. The maximum absolute atomic E-state index is 11.9. The summed E-state index contributed by atoms with van der Waals surface area (Å²) in [7, 11) is 0. The molecule has 0 bridgehead atoms. The Bertz CT molecular complexity index is 597. The first-order chi connectivity index (χ1) is 9.79. The molecule has 3 N–H and O–H groups in total. The van der Waals surface area contributed by atoms with Gasteiger partial charge in [-0.2, -0.15) is 0 Å². The topological polar surface area (TPSA) is 105 Å². The molecule has 7 nitrogen and oxygen atoms in total. The van der Waals surface area contributed by atoms with E-state index in [9.17, 15) is 14.4 Å². The van der Waals surface area contributed by atoms with Crippen molar-refractivity contribution in [3.63, 3.8) is 0 Å². The van der Waals surface area contributed by atoms with E-state index in [0.29, 0.717) is 11.4 Å². The number of para-hydroxylation sites is 2. The molecule has 2 rings (SSSR count). The predicted octanol–water partition coefficient (Wildman–Crippen LogP) is 0.756. The molecule has 0 spiro atoms. The minimum absolute atomic E-state index is 0.253. The van der Waals surface area contributed by atoms with Gasteiger partial charge in [0.25, 0.3) is 5.91 Å². The van der Waals surface area contributed by atoms with E-state index in [1.807, 2.05) is 0 Å². The second-order valence-corrected chi connectivity index (χ2v) is 5.27. The van der Waals surface area contributed by atoms with E-state index in [1.165, 1.54) is 13.8 Å². The fraction of sp³-hybridized carbons (Fsp3) is 0.357. The van der Waals surface area contributed by atoms with Crippen LogP contribution in [-0.4, -0.2) is 34.5 Å². The van der Waals surface area contributed by atoms with Crippen LogP contribution in [0.2, 0.25) is 0 Å². The zero-order valence-corrected chi connectivity index (χ0v) is 11.7. The van der Waals surface area contributed by atoms with Gasteiger partial charge >= 0.3 is 5.97 Å². The summed E-state index contributed by atoms with van der Waals surface area (Å²) in [4.78, 5) is 34.7. The summed E-state index contributed by atoms with van der Waals surface area (Å²) >= 11 is 0. The van der Waals surface area contributed by atoms with E-state index in [4.69, 9.17) is 9.84 Å². The fourth-order valence-corrected chi connectivity index (χ4v) is 1.85. The van der Waals surface area contributed by atoms with Gasteiger partial charge in [0, 0.05) is 0 Å². The summed E-state index contributed by atoms with van der Waals surface area (Å²) in [5.74, 6) is -1.68. The molecule has 21 heavy (non-hydrogen) atoms. The minimum Gasteiger partial charge on any atom is -0.480 e. The number of hydrogen-bond acceptors (Lipinski definition) is 4. The number of carbonyl (C=O) groups excluding carboxylic acids is 2. The van der Waals surface area contributed by atoms with Crippen molar-refractivity contribution in [3.8, 4) is 5.75 Å². The lowest BCUT2D eigenvalue weighted by molar-refractivity contribution is -0.146. The Kier molecular flexibility index (Phi) is 3.84. The Labute approximate surface area is 121 Å². The number of carboxylic acids is 1. The third kappa shape index (κ3) is 3.31. The van der Waals surface area contributed by atoms with Crippen molar-refractivity contribution in [2.75, 3.05) is 5.32 Å². The maximum atomic E-state index is 11.9. The molecule has 2 amide bonds. The Hall–Kier alpha value is -2.57.